The van der Waals surface area contributed by atoms with E-state index >= 15 is 0 Å². The summed E-state index contributed by atoms with van der Waals surface area (Å²) in [6, 6.07) is 8.11. The standard InChI is InChI=1S/C16H11Cl3N2O3/c1-2-9-14(16(22)23)20-21(11-4-3-8(17)7-10(11)18)15(9)12-5-6-13(19)24-12/h3-7H,2H2,1H3,(H,22,23). The van der Waals surface area contributed by atoms with Crippen LogP contribution in [0.1, 0.15) is 23.0 Å². The largest absolute Gasteiger partial charge is 0.476 e. The molecular formula is C16H11Cl3N2O3. The van der Waals surface area contributed by atoms with Crippen molar-refractivity contribution < 1.29 is 14.3 Å². The molecule has 0 aliphatic carbocycles. The maximum absolute atomic E-state index is 11.6. The molecule has 0 saturated carbocycles. The number of nitrogens with zero attached hydrogens (tertiary/aromatic N) is 2. The molecule has 1 N–H and O–H groups in total. The first kappa shape index (κ1) is 16.9. The van der Waals surface area contributed by atoms with Crippen molar-refractivity contribution in [3.8, 4) is 17.1 Å². The van der Waals surface area contributed by atoms with Crippen LogP contribution < -0.4 is 0 Å². The van der Waals surface area contributed by atoms with Crippen molar-refractivity contribution in [3.05, 3.63) is 56.9 Å². The molecule has 0 spiro atoms. The predicted molar refractivity (Wildman–Crippen MR) is 92.6 cm³/mol. The van der Waals surface area contributed by atoms with Crippen LogP contribution in [0.2, 0.25) is 15.3 Å². The molecule has 0 unspecified atom stereocenters. The Bertz CT molecular complexity index is 931. The van der Waals surface area contributed by atoms with Crippen molar-refractivity contribution >= 4 is 40.8 Å². The van der Waals surface area contributed by atoms with Crippen molar-refractivity contribution in [2.45, 2.75) is 13.3 Å². The number of halogens is 3. The quantitative estimate of drug-likeness (QED) is 0.657. The summed E-state index contributed by atoms with van der Waals surface area (Å²) in [4.78, 5) is 11.6. The van der Waals surface area contributed by atoms with Crippen LogP contribution in [-0.2, 0) is 6.42 Å². The van der Waals surface area contributed by atoms with E-state index < -0.39 is 5.97 Å². The summed E-state index contributed by atoms with van der Waals surface area (Å²) < 4.78 is 6.91. The molecule has 0 saturated heterocycles. The molecule has 1 aromatic carbocycles. The Morgan fingerprint density at radius 3 is 2.54 bits per heavy atom. The van der Waals surface area contributed by atoms with Crippen molar-refractivity contribution in [2.24, 2.45) is 0 Å². The second-order valence-corrected chi connectivity index (χ2v) is 6.16. The molecule has 0 atom stereocenters. The van der Waals surface area contributed by atoms with Gasteiger partial charge in [-0.2, -0.15) is 5.10 Å². The van der Waals surface area contributed by atoms with Gasteiger partial charge in [-0.25, -0.2) is 9.48 Å². The van der Waals surface area contributed by atoms with E-state index in [1.807, 2.05) is 6.92 Å². The monoisotopic (exact) mass is 384 g/mol. The van der Waals surface area contributed by atoms with Gasteiger partial charge in [0.2, 0.25) is 0 Å². The minimum Gasteiger partial charge on any atom is -0.476 e. The van der Waals surface area contributed by atoms with E-state index in [4.69, 9.17) is 39.2 Å². The van der Waals surface area contributed by atoms with Crippen molar-refractivity contribution in [1.29, 1.82) is 0 Å². The van der Waals surface area contributed by atoms with Crippen molar-refractivity contribution in [3.63, 3.8) is 0 Å². The van der Waals surface area contributed by atoms with Gasteiger partial charge in [-0.1, -0.05) is 30.1 Å². The van der Waals surface area contributed by atoms with Crippen LogP contribution in [0, 0.1) is 0 Å². The SMILES string of the molecule is CCc1c(C(=O)O)nn(-c2ccc(Cl)cc2Cl)c1-c1ccc(Cl)o1. The molecule has 0 bridgehead atoms. The van der Waals surface area contributed by atoms with Crippen LogP contribution in [0.4, 0.5) is 0 Å². The van der Waals surface area contributed by atoms with Crippen molar-refractivity contribution in [1.82, 2.24) is 9.78 Å². The Hall–Kier alpha value is -1.95. The van der Waals surface area contributed by atoms with E-state index in [-0.39, 0.29) is 10.9 Å². The molecule has 2 aromatic heterocycles. The molecule has 3 aromatic rings. The molecule has 24 heavy (non-hydrogen) atoms. The van der Waals surface area contributed by atoms with Gasteiger partial charge in [-0.15, -0.1) is 0 Å². The third-order valence-electron chi connectivity index (χ3n) is 3.48. The number of aromatic carboxylic acids is 1. The van der Waals surface area contributed by atoms with Gasteiger partial charge >= 0.3 is 5.97 Å². The Morgan fingerprint density at radius 2 is 2.00 bits per heavy atom. The van der Waals surface area contributed by atoms with E-state index in [0.717, 1.165) is 0 Å². The molecule has 124 valence electrons. The Balaban J connectivity index is 2.34. The number of carboxylic acids is 1. The highest BCUT2D eigenvalue weighted by Crippen LogP contribution is 2.34. The van der Waals surface area contributed by atoms with Crippen LogP contribution in [0.25, 0.3) is 17.1 Å². The third-order valence-corrected chi connectivity index (χ3v) is 4.23. The smallest absolute Gasteiger partial charge is 0.356 e. The van der Waals surface area contributed by atoms with E-state index in [9.17, 15) is 9.90 Å². The summed E-state index contributed by atoms with van der Waals surface area (Å²) in [5.74, 6) is -0.725. The number of furan rings is 1. The van der Waals surface area contributed by atoms with Gasteiger partial charge in [-0.05, 0) is 48.4 Å². The summed E-state index contributed by atoms with van der Waals surface area (Å²) in [6.45, 7) is 1.84. The lowest BCUT2D eigenvalue weighted by Gasteiger charge is -2.09. The number of rotatable bonds is 4. The molecule has 0 aliphatic rings. The van der Waals surface area contributed by atoms with Gasteiger partial charge in [0, 0.05) is 10.6 Å². The Morgan fingerprint density at radius 1 is 1.25 bits per heavy atom. The zero-order valence-electron chi connectivity index (χ0n) is 12.4. The number of carbonyl (C=O) groups is 1. The highest BCUT2D eigenvalue weighted by molar-refractivity contribution is 6.35. The lowest BCUT2D eigenvalue weighted by molar-refractivity contribution is 0.0689. The Labute approximate surface area is 152 Å². The average molecular weight is 386 g/mol. The summed E-state index contributed by atoms with van der Waals surface area (Å²) in [6.07, 6.45) is 0.445. The Kier molecular flexibility index (Phi) is 4.58. The number of hydrogen-bond acceptors (Lipinski definition) is 3. The minimum absolute atomic E-state index is 0.0639. The fraction of sp³-hybridized carbons (Fsp3) is 0.125. The summed E-state index contributed by atoms with van der Waals surface area (Å²) in [5.41, 5.74) is 1.45. The topological polar surface area (TPSA) is 68.3 Å². The highest BCUT2D eigenvalue weighted by Gasteiger charge is 2.26. The van der Waals surface area contributed by atoms with E-state index in [2.05, 4.69) is 5.10 Å². The van der Waals surface area contributed by atoms with E-state index in [0.29, 0.717) is 39.2 Å². The van der Waals surface area contributed by atoms with E-state index in [1.54, 1.807) is 30.3 Å². The number of carboxylic acid groups (broad SMARTS) is 1. The highest BCUT2D eigenvalue weighted by atomic mass is 35.5. The van der Waals surface area contributed by atoms with Gasteiger partial charge in [0.25, 0.3) is 0 Å². The summed E-state index contributed by atoms with van der Waals surface area (Å²) in [5, 5.41) is 14.7. The average Bonchev–Trinajstić information content (AvgIpc) is 3.10. The molecule has 0 aliphatic heterocycles. The van der Waals surface area contributed by atoms with Crippen LogP contribution in [0.3, 0.4) is 0 Å². The van der Waals surface area contributed by atoms with Gasteiger partial charge in [0.1, 0.15) is 5.69 Å². The summed E-state index contributed by atoms with van der Waals surface area (Å²) >= 11 is 18.1. The van der Waals surface area contributed by atoms with Gasteiger partial charge in [-0.3, -0.25) is 0 Å². The summed E-state index contributed by atoms with van der Waals surface area (Å²) in [7, 11) is 0. The van der Waals surface area contributed by atoms with Crippen LogP contribution >= 0.6 is 34.8 Å². The fourth-order valence-electron chi connectivity index (χ4n) is 2.48. The molecule has 5 nitrogen and oxygen atoms in total. The lowest BCUT2D eigenvalue weighted by Crippen LogP contribution is -2.03. The zero-order chi connectivity index (χ0) is 17.4. The molecule has 3 rings (SSSR count). The molecular weight excluding hydrogens is 375 g/mol. The molecule has 0 fully saturated rings. The first-order chi connectivity index (χ1) is 11.4. The molecule has 2 heterocycles. The van der Waals surface area contributed by atoms with E-state index in [1.165, 1.54) is 4.68 Å². The fourth-order valence-corrected chi connectivity index (χ4v) is 3.11. The number of hydrogen-bond donors (Lipinski definition) is 1. The lowest BCUT2D eigenvalue weighted by atomic mass is 10.1. The second-order valence-electron chi connectivity index (χ2n) is 4.95. The predicted octanol–water partition coefficient (Wildman–Crippen LogP) is 5.35. The van der Waals surface area contributed by atoms with Gasteiger partial charge in [0.05, 0.1) is 10.7 Å². The molecule has 0 amide bonds. The van der Waals surface area contributed by atoms with Crippen LogP contribution in [-0.4, -0.2) is 20.9 Å². The second kappa shape index (κ2) is 6.51. The van der Waals surface area contributed by atoms with Gasteiger partial charge < -0.3 is 9.52 Å². The minimum atomic E-state index is -1.13. The molecule has 0 radical (unpaired) electrons. The number of benzene rings is 1. The third kappa shape index (κ3) is 2.90. The maximum atomic E-state index is 11.6. The maximum Gasteiger partial charge on any atom is 0.356 e. The number of aromatic nitrogens is 2. The van der Waals surface area contributed by atoms with Crippen molar-refractivity contribution in [2.75, 3.05) is 0 Å². The van der Waals surface area contributed by atoms with Gasteiger partial charge in [0.15, 0.2) is 16.7 Å². The van der Waals surface area contributed by atoms with Crippen LogP contribution in [0.5, 0.6) is 0 Å². The zero-order valence-corrected chi connectivity index (χ0v) is 14.7. The first-order valence-electron chi connectivity index (χ1n) is 6.98. The first-order valence-corrected chi connectivity index (χ1v) is 8.12. The van der Waals surface area contributed by atoms with Crippen LogP contribution in [0.15, 0.2) is 34.7 Å². The molecule has 8 heteroatoms. The normalized spacial score (nSPS) is 11.0.